The summed E-state index contributed by atoms with van der Waals surface area (Å²) in [6.07, 6.45) is 2.97. The fourth-order valence-electron chi connectivity index (χ4n) is 1.80. The van der Waals surface area contributed by atoms with Gasteiger partial charge in [0.2, 0.25) is 0 Å². The van der Waals surface area contributed by atoms with Gasteiger partial charge >= 0.3 is 11.9 Å². The number of allylic oxidation sites excluding steroid dienone is 4. The maximum atomic E-state index is 11.4. The van der Waals surface area contributed by atoms with E-state index >= 15 is 0 Å². The molecule has 0 aliphatic rings. The van der Waals surface area contributed by atoms with Gasteiger partial charge in [0.1, 0.15) is 5.57 Å². The van der Waals surface area contributed by atoms with Gasteiger partial charge in [-0.05, 0) is 36.6 Å². The van der Waals surface area contributed by atoms with Crippen LogP contribution in [0.25, 0.3) is 5.03 Å². The van der Waals surface area contributed by atoms with Crippen LogP contribution in [0.5, 0.6) is 0 Å². The fraction of sp³-hybridized carbons (Fsp3) is 0.176. The van der Waals surface area contributed by atoms with E-state index in [1.54, 1.807) is 13.0 Å². The van der Waals surface area contributed by atoms with Crippen LogP contribution in [0.1, 0.15) is 19.4 Å². The van der Waals surface area contributed by atoms with Crippen molar-refractivity contribution in [3.63, 3.8) is 0 Å². The molecular formula is C17H17ClO4. The largest absolute Gasteiger partial charge is 0.477 e. The Kier molecular flexibility index (Phi) is 6.60. The summed E-state index contributed by atoms with van der Waals surface area (Å²) in [6.45, 7) is 3.50. The Labute approximate surface area is 134 Å². The molecule has 0 aliphatic heterocycles. The van der Waals surface area contributed by atoms with E-state index < -0.39 is 17.5 Å². The molecule has 0 amide bonds. The molecule has 0 bridgehead atoms. The van der Waals surface area contributed by atoms with E-state index in [0.29, 0.717) is 10.6 Å². The third kappa shape index (κ3) is 4.90. The summed E-state index contributed by atoms with van der Waals surface area (Å²) in [5.74, 6) is -2.23. The summed E-state index contributed by atoms with van der Waals surface area (Å²) < 4.78 is 4.44. The first kappa shape index (κ1) is 17.7. The molecule has 1 rings (SSSR count). The van der Waals surface area contributed by atoms with Crippen molar-refractivity contribution in [2.45, 2.75) is 13.8 Å². The number of rotatable bonds is 5. The number of carbonyl (C=O) groups is 2. The summed E-state index contributed by atoms with van der Waals surface area (Å²) in [5.41, 5.74) is 1.77. The van der Waals surface area contributed by atoms with E-state index in [0.717, 1.165) is 18.2 Å². The predicted molar refractivity (Wildman–Crippen MR) is 86.4 cm³/mol. The minimum absolute atomic E-state index is 0.431. The van der Waals surface area contributed by atoms with E-state index in [1.165, 1.54) is 6.08 Å². The molecule has 0 fully saturated rings. The van der Waals surface area contributed by atoms with Crippen molar-refractivity contribution >= 4 is 28.6 Å². The molecule has 5 heteroatoms. The van der Waals surface area contributed by atoms with E-state index in [9.17, 15) is 9.59 Å². The Morgan fingerprint density at radius 1 is 1.14 bits per heavy atom. The first-order valence-electron chi connectivity index (χ1n) is 6.50. The van der Waals surface area contributed by atoms with Crippen molar-refractivity contribution in [1.82, 2.24) is 0 Å². The molecule has 116 valence electrons. The van der Waals surface area contributed by atoms with Crippen molar-refractivity contribution in [3.05, 3.63) is 64.8 Å². The van der Waals surface area contributed by atoms with E-state index in [-0.39, 0.29) is 0 Å². The van der Waals surface area contributed by atoms with Gasteiger partial charge in [0, 0.05) is 0 Å². The highest BCUT2D eigenvalue weighted by Gasteiger charge is 2.17. The third-order valence-corrected chi connectivity index (χ3v) is 3.34. The van der Waals surface area contributed by atoms with Gasteiger partial charge in [0.25, 0.3) is 0 Å². The van der Waals surface area contributed by atoms with Gasteiger partial charge in [-0.1, -0.05) is 48.0 Å². The Hall–Kier alpha value is -2.33. The Morgan fingerprint density at radius 2 is 1.73 bits per heavy atom. The zero-order valence-corrected chi connectivity index (χ0v) is 13.3. The smallest absolute Gasteiger partial charge is 0.345 e. The van der Waals surface area contributed by atoms with Crippen LogP contribution in [0.15, 0.2) is 59.2 Å². The lowest BCUT2D eigenvalue weighted by atomic mass is 10.1. The maximum absolute atomic E-state index is 11.4. The van der Waals surface area contributed by atoms with Crippen LogP contribution in [-0.4, -0.2) is 24.2 Å². The normalized spacial score (nSPS) is 13.5. The third-order valence-electron chi connectivity index (χ3n) is 2.83. The van der Waals surface area contributed by atoms with Crippen LogP contribution in [0.2, 0.25) is 0 Å². The molecule has 1 aromatic carbocycles. The molecule has 1 N–H and O–H groups in total. The number of carboxylic acid groups (broad SMARTS) is 1. The van der Waals surface area contributed by atoms with E-state index in [1.807, 2.05) is 37.3 Å². The number of ether oxygens (including phenoxy) is 1. The lowest BCUT2D eigenvalue weighted by Crippen LogP contribution is -2.13. The maximum Gasteiger partial charge on any atom is 0.345 e. The van der Waals surface area contributed by atoms with Crippen molar-refractivity contribution in [2.75, 3.05) is 7.11 Å². The fourth-order valence-corrected chi connectivity index (χ4v) is 1.98. The minimum atomic E-state index is -1.34. The van der Waals surface area contributed by atoms with Gasteiger partial charge in [-0.25, -0.2) is 9.59 Å². The van der Waals surface area contributed by atoms with Crippen molar-refractivity contribution < 1.29 is 19.4 Å². The zero-order chi connectivity index (χ0) is 16.7. The van der Waals surface area contributed by atoms with Crippen LogP contribution >= 0.6 is 11.6 Å². The summed E-state index contributed by atoms with van der Waals surface area (Å²) in [7, 11) is 1.13. The first-order chi connectivity index (χ1) is 10.4. The van der Waals surface area contributed by atoms with Crippen LogP contribution in [0.3, 0.4) is 0 Å². The lowest BCUT2D eigenvalue weighted by molar-refractivity contribution is -0.142. The van der Waals surface area contributed by atoms with E-state index in [2.05, 4.69) is 4.74 Å². The highest BCUT2D eigenvalue weighted by molar-refractivity contribution is 6.49. The first-order valence-corrected chi connectivity index (χ1v) is 6.88. The average molecular weight is 321 g/mol. The number of methoxy groups -OCH3 is 1. The van der Waals surface area contributed by atoms with Gasteiger partial charge < -0.3 is 9.84 Å². The number of carboxylic acids is 1. The highest BCUT2D eigenvalue weighted by Crippen LogP contribution is 2.24. The van der Waals surface area contributed by atoms with Crippen molar-refractivity contribution in [1.29, 1.82) is 0 Å². The molecule has 0 saturated heterocycles. The van der Waals surface area contributed by atoms with Gasteiger partial charge in [-0.3, -0.25) is 0 Å². The Morgan fingerprint density at radius 3 is 2.23 bits per heavy atom. The van der Waals surface area contributed by atoms with Gasteiger partial charge in [-0.15, -0.1) is 0 Å². The van der Waals surface area contributed by atoms with Crippen LogP contribution in [0.4, 0.5) is 0 Å². The molecule has 0 spiro atoms. The van der Waals surface area contributed by atoms with Gasteiger partial charge in [0.15, 0.2) is 0 Å². The number of aliphatic carboxylic acids is 1. The predicted octanol–water partition coefficient (Wildman–Crippen LogP) is 3.79. The van der Waals surface area contributed by atoms with Gasteiger partial charge in [-0.2, -0.15) is 0 Å². The minimum Gasteiger partial charge on any atom is -0.477 e. The monoisotopic (exact) mass is 320 g/mol. The Bertz CT molecular complexity index is 654. The molecule has 1 aromatic rings. The highest BCUT2D eigenvalue weighted by atomic mass is 35.5. The molecule has 0 aromatic heterocycles. The molecule has 0 aliphatic carbocycles. The number of benzene rings is 1. The second-order valence-corrected chi connectivity index (χ2v) is 4.98. The molecule has 0 heterocycles. The summed E-state index contributed by atoms with van der Waals surface area (Å²) in [4.78, 5) is 22.4. The standard InChI is InChI=1S/C17H17ClO4/c1-11(10-14(16(19)20)17(21)22-3)9-12(2)15(18)13-7-5-4-6-8-13/h4-10H,1-3H3,(H,19,20)/b11-9+,14-10+,15-12+. The SMILES string of the molecule is COC(=O)/C(=C/C(C)=C/C(C)=C(/Cl)c1ccccc1)C(=O)O. The summed E-state index contributed by atoms with van der Waals surface area (Å²) in [6, 6.07) is 9.40. The molecule has 4 nitrogen and oxygen atoms in total. The van der Waals surface area contributed by atoms with Crippen LogP contribution < -0.4 is 0 Å². The summed E-state index contributed by atoms with van der Waals surface area (Å²) >= 11 is 6.30. The number of esters is 1. The second-order valence-electron chi connectivity index (χ2n) is 4.61. The molecule has 0 saturated carbocycles. The van der Waals surface area contributed by atoms with Crippen LogP contribution in [0, 0.1) is 0 Å². The van der Waals surface area contributed by atoms with Crippen molar-refractivity contribution in [2.24, 2.45) is 0 Å². The summed E-state index contributed by atoms with van der Waals surface area (Å²) in [5, 5.41) is 9.57. The number of halogens is 1. The number of carbonyl (C=O) groups excluding carboxylic acids is 1. The second kappa shape index (κ2) is 8.20. The van der Waals surface area contributed by atoms with Crippen molar-refractivity contribution in [3.8, 4) is 0 Å². The quantitative estimate of drug-likeness (QED) is 0.295. The van der Waals surface area contributed by atoms with Crippen LogP contribution in [-0.2, 0) is 14.3 Å². The number of hydrogen-bond donors (Lipinski definition) is 1. The molecular weight excluding hydrogens is 304 g/mol. The zero-order valence-electron chi connectivity index (χ0n) is 12.6. The average Bonchev–Trinajstić information content (AvgIpc) is 2.51. The molecule has 0 radical (unpaired) electrons. The molecule has 0 atom stereocenters. The topological polar surface area (TPSA) is 63.6 Å². The number of hydrogen-bond acceptors (Lipinski definition) is 3. The molecule has 0 unspecified atom stereocenters. The Balaban J connectivity index is 3.15. The molecule has 22 heavy (non-hydrogen) atoms. The van der Waals surface area contributed by atoms with E-state index in [4.69, 9.17) is 16.7 Å². The lowest BCUT2D eigenvalue weighted by Gasteiger charge is -2.04. The van der Waals surface area contributed by atoms with Gasteiger partial charge in [0.05, 0.1) is 12.1 Å².